The van der Waals surface area contributed by atoms with Crippen molar-refractivity contribution in [3.05, 3.63) is 83.8 Å². The lowest BCUT2D eigenvalue weighted by molar-refractivity contribution is 0.0963. The van der Waals surface area contributed by atoms with E-state index in [1.165, 1.54) is 0 Å². The zero-order chi connectivity index (χ0) is 18.8. The molecule has 0 aliphatic heterocycles. The second-order valence-electron chi connectivity index (χ2n) is 5.83. The number of rotatable bonds is 4. The highest BCUT2D eigenvalue weighted by Gasteiger charge is 2.16. The van der Waals surface area contributed by atoms with Gasteiger partial charge in [-0.25, -0.2) is 9.67 Å². The molecule has 0 spiro atoms. The van der Waals surface area contributed by atoms with E-state index in [1.54, 1.807) is 31.6 Å². The van der Waals surface area contributed by atoms with E-state index in [-0.39, 0.29) is 5.91 Å². The molecule has 0 radical (unpaired) electrons. The van der Waals surface area contributed by atoms with Crippen molar-refractivity contribution in [1.29, 1.82) is 0 Å². The molecule has 27 heavy (non-hydrogen) atoms. The lowest BCUT2D eigenvalue weighted by Crippen LogP contribution is -2.18. The highest BCUT2D eigenvalue weighted by atomic mass is 35.5. The molecular weight excluding hydrogens is 362 g/mol. The van der Waals surface area contributed by atoms with Gasteiger partial charge < -0.3 is 5.32 Å². The van der Waals surface area contributed by atoms with E-state index < -0.39 is 0 Å². The van der Waals surface area contributed by atoms with Gasteiger partial charge in [0.1, 0.15) is 5.69 Å². The van der Waals surface area contributed by atoms with E-state index in [4.69, 9.17) is 11.6 Å². The van der Waals surface area contributed by atoms with Crippen molar-refractivity contribution in [2.45, 2.75) is 0 Å². The molecule has 0 saturated carbocycles. The van der Waals surface area contributed by atoms with Crippen molar-refractivity contribution < 1.29 is 4.79 Å². The number of halogens is 1. The highest BCUT2D eigenvalue weighted by molar-refractivity contribution is 6.33. The lowest BCUT2D eigenvalue weighted by atomic mass is 10.2. The molecule has 1 amide bonds. The van der Waals surface area contributed by atoms with E-state index in [1.807, 2.05) is 57.9 Å². The van der Waals surface area contributed by atoms with Crippen LogP contribution in [-0.2, 0) is 0 Å². The van der Waals surface area contributed by atoms with Crippen LogP contribution in [0.2, 0.25) is 5.02 Å². The van der Waals surface area contributed by atoms with Crippen molar-refractivity contribution in [2.24, 2.45) is 0 Å². The van der Waals surface area contributed by atoms with Crippen LogP contribution in [-0.4, -0.2) is 32.3 Å². The number of hydrogen-bond donors (Lipinski definition) is 1. The first-order valence-electron chi connectivity index (χ1n) is 8.34. The van der Waals surface area contributed by atoms with E-state index in [0.29, 0.717) is 16.4 Å². The fourth-order valence-electron chi connectivity index (χ4n) is 2.92. The normalized spacial score (nSPS) is 10.7. The maximum Gasteiger partial charge on any atom is 0.252 e. The third-order valence-corrected chi connectivity index (χ3v) is 4.54. The molecule has 2 heterocycles. The van der Waals surface area contributed by atoms with Gasteiger partial charge >= 0.3 is 0 Å². The Morgan fingerprint density at radius 1 is 1.04 bits per heavy atom. The molecule has 0 aliphatic rings. The molecule has 0 unspecified atom stereocenters. The monoisotopic (exact) mass is 377 g/mol. The zero-order valence-electron chi connectivity index (χ0n) is 14.5. The van der Waals surface area contributed by atoms with Crippen LogP contribution in [0.3, 0.4) is 0 Å². The smallest absolute Gasteiger partial charge is 0.252 e. The van der Waals surface area contributed by atoms with E-state index in [0.717, 1.165) is 17.1 Å². The summed E-state index contributed by atoms with van der Waals surface area (Å²) in [6.45, 7) is 0. The van der Waals surface area contributed by atoms with E-state index in [9.17, 15) is 4.79 Å². The largest absolute Gasteiger partial charge is 0.355 e. The number of nitrogens with one attached hydrogen (secondary N) is 1. The zero-order valence-corrected chi connectivity index (χ0v) is 15.3. The number of nitrogens with zero attached hydrogens (tertiary/aromatic N) is 4. The second-order valence-corrected chi connectivity index (χ2v) is 6.24. The number of hydrogen-bond acceptors (Lipinski definition) is 3. The summed E-state index contributed by atoms with van der Waals surface area (Å²) in [6, 6.07) is 17.1. The predicted molar refractivity (Wildman–Crippen MR) is 105 cm³/mol. The predicted octanol–water partition coefficient (Wildman–Crippen LogP) is 3.74. The molecule has 7 heteroatoms. The summed E-state index contributed by atoms with van der Waals surface area (Å²) in [4.78, 5) is 16.6. The van der Waals surface area contributed by atoms with Gasteiger partial charge in [0.25, 0.3) is 5.91 Å². The summed E-state index contributed by atoms with van der Waals surface area (Å²) >= 11 is 6.18. The van der Waals surface area contributed by atoms with Crippen molar-refractivity contribution in [3.63, 3.8) is 0 Å². The third-order valence-electron chi connectivity index (χ3n) is 4.21. The summed E-state index contributed by atoms with van der Waals surface area (Å²) in [5.74, 6) is 0.472. The SMILES string of the molecule is CNC(=O)c1cc(-n2ccnc2-c2ccnn2-c2ccccc2)ccc1Cl. The number of para-hydroxylation sites is 1. The first kappa shape index (κ1) is 17.1. The number of carbonyl (C=O) groups is 1. The van der Waals surface area contributed by atoms with Gasteiger partial charge in [-0.15, -0.1) is 0 Å². The highest BCUT2D eigenvalue weighted by Crippen LogP contribution is 2.26. The molecule has 0 atom stereocenters. The molecule has 0 bridgehead atoms. The fraction of sp³-hybridized carbons (Fsp3) is 0.0500. The second kappa shape index (κ2) is 7.09. The number of amides is 1. The molecular formula is C20H16ClN5O. The summed E-state index contributed by atoms with van der Waals surface area (Å²) in [5.41, 5.74) is 2.97. The number of aromatic nitrogens is 4. The van der Waals surface area contributed by atoms with Crippen molar-refractivity contribution in [1.82, 2.24) is 24.6 Å². The number of carbonyl (C=O) groups excluding carboxylic acids is 1. The minimum atomic E-state index is -0.238. The van der Waals surface area contributed by atoms with Gasteiger partial charge in [0.15, 0.2) is 5.82 Å². The van der Waals surface area contributed by atoms with Crippen LogP contribution < -0.4 is 5.32 Å². The van der Waals surface area contributed by atoms with Crippen LogP contribution in [0.4, 0.5) is 0 Å². The standard InChI is InChI=1S/C20H16ClN5O/c1-22-20(27)16-13-15(7-8-17(16)21)25-12-11-23-19(25)18-9-10-24-26(18)14-5-3-2-4-6-14/h2-13H,1H3,(H,22,27). The maximum absolute atomic E-state index is 12.1. The Morgan fingerprint density at radius 2 is 1.85 bits per heavy atom. The average molecular weight is 378 g/mol. The van der Waals surface area contributed by atoms with Crippen LogP contribution in [0.5, 0.6) is 0 Å². The molecule has 2 aromatic carbocycles. The van der Waals surface area contributed by atoms with Crippen LogP contribution in [0.1, 0.15) is 10.4 Å². The molecule has 0 aliphatic carbocycles. The minimum Gasteiger partial charge on any atom is -0.355 e. The van der Waals surface area contributed by atoms with Gasteiger partial charge in [-0.1, -0.05) is 29.8 Å². The third kappa shape index (κ3) is 3.11. The minimum absolute atomic E-state index is 0.238. The Bertz CT molecular complexity index is 1100. The summed E-state index contributed by atoms with van der Waals surface area (Å²) in [6.07, 6.45) is 5.29. The molecule has 1 N–H and O–H groups in total. The van der Waals surface area contributed by atoms with Crippen molar-refractivity contribution >= 4 is 17.5 Å². The van der Waals surface area contributed by atoms with Crippen LogP contribution in [0, 0.1) is 0 Å². The molecule has 4 aromatic rings. The van der Waals surface area contributed by atoms with Gasteiger partial charge in [-0.3, -0.25) is 9.36 Å². The Balaban J connectivity index is 1.82. The Kier molecular flexibility index (Phi) is 4.48. The van der Waals surface area contributed by atoms with Gasteiger partial charge in [-0.05, 0) is 36.4 Å². The summed E-state index contributed by atoms with van der Waals surface area (Å²) < 4.78 is 3.73. The molecule has 0 fully saturated rings. The average Bonchev–Trinajstić information content (AvgIpc) is 3.37. The lowest BCUT2D eigenvalue weighted by Gasteiger charge is -2.12. The van der Waals surface area contributed by atoms with Crippen molar-refractivity contribution in [3.8, 4) is 22.9 Å². The van der Waals surface area contributed by atoms with Gasteiger partial charge in [0.05, 0.1) is 22.5 Å². The van der Waals surface area contributed by atoms with Gasteiger partial charge in [-0.2, -0.15) is 5.10 Å². The molecule has 134 valence electrons. The summed E-state index contributed by atoms with van der Waals surface area (Å²) in [5, 5.41) is 7.43. The van der Waals surface area contributed by atoms with E-state index >= 15 is 0 Å². The van der Waals surface area contributed by atoms with Crippen molar-refractivity contribution in [2.75, 3.05) is 7.05 Å². The van der Waals surface area contributed by atoms with Crippen LogP contribution >= 0.6 is 11.6 Å². The Morgan fingerprint density at radius 3 is 2.63 bits per heavy atom. The van der Waals surface area contributed by atoms with Gasteiger partial charge in [0, 0.05) is 25.1 Å². The number of imidazole rings is 1. The Labute approximate surface area is 161 Å². The molecule has 0 saturated heterocycles. The molecule has 6 nitrogen and oxygen atoms in total. The summed E-state index contributed by atoms with van der Waals surface area (Å²) in [7, 11) is 1.58. The Hall–Kier alpha value is -3.38. The van der Waals surface area contributed by atoms with Crippen LogP contribution in [0.15, 0.2) is 73.2 Å². The van der Waals surface area contributed by atoms with Crippen LogP contribution in [0.25, 0.3) is 22.9 Å². The first-order chi connectivity index (χ1) is 13.2. The number of benzene rings is 2. The quantitative estimate of drug-likeness (QED) is 0.589. The van der Waals surface area contributed by atoms with E-state index in [2.05, 4.69) is 15.4 Å². The maximum atomic E-state index is 12.1. The first-order valence-corrected chi connectivity index (χ1v) is 8.72. The topological polar surface area (TPSA) is 64.7 Å². The fourth-order valence-corrected chi connectivity index (χ4v) is 3.12. The molecule has 2 aromatic heterocycles. The molecule has 4 rings (SSSR count). The van der Waals surface area contributed by atoms with Gasteiger partial charge in [0.2, 0.25) is 0 Å².